The summed E-state index contributed by atoms with van der Waals surface area (Å²) in [6.45, 7) is 0.986. The van der Waals surface area contributed by atoms with Gasteiger partial charge in [-0.15, -0.1) is 0 Å². The van der Waals surface area contributed by atoms with Gasteiger partial charge in [-0.2, -0.15) is 11.8 Å². The van der Waals surface area contributed by atoms with Gasteiger partial charge >= 0.3 is 0 Å². The Balaban J connectivity index is 2.45. The molecule has 1 aromatic rings. The molecule has 0 radical (unpaired) electrons. The van der Waals surface area contributed by atoms with Crippen molar-refractivity contribution >= 4 is 45.0 Å². The van der Waals surface area contributed by atoms with Gasteiger partial charge < -0.3 is 5.32 Å². The highest BCUT2D eigenvalue weighted by Gasteiger charge is 1.99. The second kappa shape index (κ2) is 6.59. The third-order valence-electron chi connectivity index (χ3n) is 1.77. The van der Waals surface area contributed by atoms with Gasteiger partial charge in [0, 0.05) is 21.7 Å². The maximum atomic E-state index is 5.89. The van der Waals surface area contributed by atoms with Crippen molar-refractivity contribution in [3.63, 3.8) is 0 Å². The van der Waals surface area contributed by atoms with Crippen LogP contribution in [0.1, 0.15) is 6.42 Å². The molecule has 0 aromatic heterocycles. The van der Waals surface area contributed by atoms with Crippen LogP contribution in [0.25, 0.3) is 0 Å². The van der Waals surface area contributed by atoms with Gasteiger partial charge in [-0.25, -0.2) is 0 Å². The van der Waals surface area contributed by atoms with Crippen molar-refractivity contribution in [3.8, 4) is 0 Å². The first kappa shape index (κ1) is 12.2. The molecule has 0 saturated heterocycles. The summed E-state index contributed by atoms with van der Waals surface area (Å²) in [6.07, 6.45) is 3.29. The summed E-state index contributed by atoms with van der Waals surface area (Å²) in [5, 5.41) is 4.11. The van der Waals surface area contributed by atoms with Crippen LogP contribution in [0.15, 0.2) is 22.7 Å². The Hall–Kier alpha value is 0.140. The van der Waals surface area contributed by atoms with E-state index in [4.69, 9.17) is 11.6 Å². The van der Waals surface area contributed by atoms with Gasteiger partial charge in [0.1, 0.15) is 0 Å². The summed E-state index contributed by atoms with van der Waals surface area (Å²) < 4.78 is 1.06. The number of hydrogen-bond acceptors (Lipinski definition) is 2. The predicted octanol–water partition coefficient (Wildman–Crippen LogP) is 4.27. The van der Waals surface area contributed by atoms with Gasteiger partial charge in [-0.1, -0.05) is 11.6 Å². The maximum Gasteiger partial charge on any atom is 0.0499 e. The summed E-state index contributed by atoms with van der Waals surface area (Å²) in [5.74, 6) is 1.19. The number of nitrogens with one attached hydrogen (secondary N) is 1. The van der Waals surface area contributed by atoms with E-state index in [9.17, 15) is 0 Å². The average Bonchev–Trinajstić information content (AvgIpc) is 2.18. The molecule has 0 fully saturated rings. The van der Waals surface area contributed by atoms with E-state index in [0.717, 1.165) is 21.7 Å². The minimum Gasteiger partial charge on any atom is -0.384 e. The molecule has 14 heavy (non-hydrogen) atoms. The van der Waals surface area contributed by atoms with Gasteiger partial charge in [0.25, 0.3) is 0 Å². The third kappa shape index (κ3) is 4.11. The molecule has 4 heteroatoms. The first-order valence-electron chi connectivity index (χ1n) is 4.42. The summed E-state index contributed by atoms with van der Waals surface area (Å²) in [6, 6.07) is 5.77. The van der Waals surface area contributed by atoms with Gasteiger partial charge in [0.15, 0.2) is 0 Å². The monoisotopic (exact) mass is 293 g/mol. The standard InChI is InChI=1S/C10H13BrClNS/c1-14-6-2-5-13-10-7-8(12)3-4-9(10)11/h3-4,7,13H,2,5-6H2,1H3. The molecular weight excluding hydrogens is 282 g/mol. The van der Waals surface area contributed by atoms with Crippen LogP contribution >= 0.6 is 39.3 Å². The van der Waals surface area contributed by atoms with Crippen LogP contribution in [0.2, 0.25) is 5.02 Å². The Morgan fingerprint density at radius 3 is 3.00 bits per heavy atom. The van der Waals surface area contributed by atoms with Crippen molar-refractivity contribution in [1.82, 2.24) is 0 Å². The van der Waals surface area contributed by atoms with Crippen LogP contribution in [0, 0.1) is 0 Å². The summed E-state index contributed by atoms with van der Waals surface area (Å²) in [4.78, 5) is 0. The fourth-order valence-electron chi connectivity index (χ4n) is 1.07. The van der Waals surface area contributed by atoms with Crippen LogP contribution < -0.4 is 5.32 Å². The Morgan fingerprint density at radius 2 is 2.29 bits per heavy atom. The van der Waals surface area contributed by atoms with Crippen molar-refractivity contribution in [3.05, 3.63) is 27.7 Å². The Morgan fingerprint density at radius 1 is 1.50 bits per heavy atom. The highest BCUT2D eigenvalue weighted by atomic mass is 79.9. The molecule has 1 rings (SSSR count). The molecule has 1 nitrogen and oxygen atoms in total. The normalized spacial score (nSPS) is 10.2. The molecular formula is C10H13BrClNS. The molecule has 0 aliphatic heterocycles. The van der Waals surface area contributed by atoms with Crippen LogP contribution in [0.4, 0.5) is 5.69 Å². The number of thioether (sulfide) groups is 1. The lowest BCUT2D eigenvalue weighted by Gasteiger charge is -2.08. The van der Waals surface area contributed by atoms with Gasteiger partial charge in [-0.3, -0.25) is 0 Å². The van der Waals surface area contributed by atoms with E-state index in [1.54, 1.807) is 0 Å². The lowest BCUT2D eigenvalue weighted by Crippen LogP contribution is -2.02. The van der Waals surface area contributed by atoms with Gasteiger partial charge in [0.05, 0.1) is 0 Å². The molecule has 0 heterocycles. The van der Waals surface area contributed by atoms with Crippen LogP contribution in [-0.2, 0) is 0 Å². The van der Waals surface area contributed by atoms with E-state index in [-0.39, 0.29) is 0 Å². The average molecular weight is 295 g/mol. The first-order valence-corrected chi connectivity index (χ1v) is 6.98. The first-order chi connectivity index (χ1) is 6.74. The molecule has 0 atom stereocenters. The van der Waals surface area contributed by atoms with Crippen LogP contribution in [-0.4, -0.2) is 18.6 Å². The number of benzene rings is 1. The number of hydrogen-bond donors (Lipinski definition) is 1. The van der Waals surface area contributed by atoms with E-state index in [2.05, 4.69) is 27.5 Å². The molecule has 1 N–H and O–H groups in total. The smallest absolute Gasteiger partial charge is 0.0499 e. The fourth-order valence-corrected chi connectivity index (χ4v) is 2.06. The van der Waals surface area contributed by atoms with E-state index in [0.29, 0.717) is 0 Å². The molecule has 0 saturated carbocycles. The molecule has 0 aliphatic carbocycles. The highest BCUT2D eigenvalue weighted by Crippen LogP contribution is 2.25. The minimum atomic E-state index is 0.764. The van der Waals surface area contributed by atoms with Crippen molar-refractivity contribution in [2.24, 2.45) is 0 Å². The summed E-state index contributed by atoms with van der Waals surface area (Å²) >= 11 is 11.2. The Kier molecular flexibility index (Phi) is 5.75. The highest BCUT2D eigenvalue weighted by molar-refractivity contribution is 9.10. The molecule has 78 valence electrons. The largest absolute Gasteiger partial charge is 0.384 e. The summed E-state index contributed by atoms with van der Waals surface area (Å²) in [7, 11) is 0. The zero-order valence-electron chi connectivity index (χ0n) is 8.02. The zero-order chi connectivity index (χ0) is 10.4. The molecule has 0 spiro atoms. The molecule has 0 bridgehead atoms. The topological polar surface area (TPSA) is 12.0 Å². The third-order valence-corrected chi connectivity index (χ3v) is 3.39. The van der Waals surface area contributed by atoms with Crippen molar-refractivity contribution < 1.29 is 0 Å². The van der Waals surface area contributed by atoms with Crippen LogP contribution in [0.5, 0.6) is 0 Å². The lowest BCUT2D eigenvalue weighted by atomic mass is 10.3. The minimum absolute atomic E-state index is 0.764. The Labute approximate surface area is 103 Å². The number of anilines is 1. The van der Waals surface area contributed by atoms with Crippen molar-refractivity contribution in [1.29, 1.82) is 0 Å². The number of halogens is 2. The fraction of sp³-hybridized carbons (Fsp3) is 0.400. The quantitative estimate of drug-likeness (QED) is 0.814. The summed E-state index contributed by atoms with van der Waals surface area (Å²) in [5.41, 5.74) is 1.07. The van der Waals surface area contributed by atoms with E-state index in [1.165, 1.54) is 12.2 Å². The molecule has 0 aliphatic rings. The molecule has 1 aromatic carbocycles. The van der Waals surface area contributed by atoms with Gasteiger partial charge in [0.2, 0.25) is 0 Å². The zero-order valence-corrected chi connectivity index (χ0v) is 11.2. The molecule has 0 amide bonds. The van der Waals surface area contributed by atoms with E-state index >= 15 is 0 Å². The number of rotatable bonds is 5. The van der Waals surface area contributed by atoms with Crippen molar-refractivity contribution in [2.75, 3.05) is 23.9 Å². The predicted molar refractivity (Wildman–Crippen MR) is 70.6 cm³/mol. The Bertz CT molecular complexity index is 293. The van der Waals surface area contributed by atoms with E-state index in [1.807, 2.05) is 30.0 Å². The van der Waals surface area contributed by atoms with Crippen LogP contribution in [0.3, 0.4) is 0 Å². The SMILES string of the molecule is CSCCCNc1cc(Cl)ccc1Br. The maximum absolute atomic E-state index is 5.89. The van der Waals surface area contributed by atoms with Gasteiger partial charge in [-0.05, 0) is 52.6 Å². The molecule has 0 unspecified atom stereocenters. The second-order valence-corrected chi connectivity index (χ2v) is 5.17. The van der Waals surface area contributed by atoms with Crippen molar-refractivity contribution in [2.45, 2.75) is 6.42 Å². The second-order valence-electron chi connectivity index (χ2n) is 2.90. The van der Waals surface area contributed by atoms with E-state index < -0.39 is 0 Å². The lowest BCUT2D eigenvalue weighted by molar-refractivity contribution is 0.992.